The van der Waals surface area contributed by atoms with Gasteiger partial charge in [0.05, 0.1) is 18.1 Å². The van der Waals surface area contributed by atoms with Crippen LogP contribution >= 0.6 is 0 Å². The van der Waals surface area contributed by atoms with Crippen LogP contribution in [0.1, 0.15) is 34.1 Å². The van der Waals surface area contributed by atoms with Crippen molar-refractivity contribution in [2.75, 3.05) is 31.2 Å². The van der Waals surface area contributed by atoms with E-state index in [1.165, 1.54) is 0 Å². The molecule has 3 unspecified atom stereocenters. The molecule has 1 rings (SSSR count). The van der Waals surface area contributed by atoms with E-state index in [1.54, 1.807) is 0 Å². The summed E-state index contributed by atoms with van der Waals surface area (Å²) < 4.78 is 23.2. The maximum Gasteiger partial charge on any atom is 0.153 e. The van der Waals surface area contributed by atoms with E-state index in [1.807, 2.05) is 20.8 Å². The number of aliphatic hydroxyl groups is 1. The molecule has 0 bridgehead atoms. The molecule has 19 heavy (non-hydrogen) atoms. The second kappa shape index (κ2) is 6.52. The molecule has 0 aliphatic carbocycles. The second-order valence-electron chi connectivity index (χ2n) is 6.00. The second-order valence-corrected chi connectivity index (χ2v) is 8.23. The van der Waals surface area contributed by atoms with Gasteiger partial charge in [-0.3, -0.25) is 4.90 Å². The van der Waals surface area contributed by atoms with Gasteiger partial charge in [0.1, 0.15) is 0 Å². The number of aliphatic hydroxyl groups excluding tert-OH is 1. The summed E-state index contributed by atoms with van der Waals surface area (Å²) >= 11 is 0. The lowest BCUT2D eigenvalue weighted by atomic mass is 9.93. The Balaban J connectivity index is 2.65. The zero-order valence-corrected chi connectivity index (χ0v) is 13.3. The molecule has 1 heterocycles. The standard InChI is InChI=1S/C13H28N2O3S/c1-5-14-13(4,10-16)8-11(2)15-6-7-19(17,18)9-12(15)3/h11-12,14,16H,5-10H2,1-4H3. The molecular weight excluding hydrogens is 264 g/mol. The van der Waals surface area contributed by atoms with Crippen molar-refractivity contribution in [2.24, 2.45) is 0 Å². The molecule has 1 fully saturated rings. The number of likely N-dealkylation sites (N-methyl/N-ethyl adjacent to an activating group) is 1. The van der Waals surface area contributed by atoms with E-state index in [0.29, 0.717) is 6.54 Å². The lowest BCUT2D eigenvalue weighted by Gasteiger charge is -2.41. The summed E-state index contributed by atoms with van der Waals surface area (Å²) in [5, 5.41) is 12.9. The molecule has 114 valence electrons. The first kappa shape index (κ1) is 16.9. The van der Waals surface area contributed by atoms with Crippen LogP contribution in [0.15, 0.2) is 0 Å². The molecule has 0 aromatic rings. The molecule has 1 saturated heterocycles. The zero-order valence-electron chi connectivity index (χ0n) is 12.5. The van der Waals surface area contributed by atoms with Crippen molar-refractivity contribution in [2.45, 2.75) is 51.7 Å². The topological polar surface area (TPSA) is 69.6 Å². The molecule has 2 N–H and O–H groups in total. The van der Waals surface area contributed by atoms with Crippen molar-refractivity contribution in [3.63, 3.8) is 0 Å². The van der Waals surface area contributed by atoms with Crippen molar-refractivity contribution in [3.8, 4) is 0 Å². The third kappa shape index (κ3) is 4.70. The summed E-state index contributed by atoms with van der Waals surface area (Å²) in [7, 11) is -2.86. The molecule has 0 saturated carbocycles. The average molecular weight is 292 g/mol. The molecule has 0 aromatic carbocycles. The van der Waals surface area contributed by atoms with Crippen LogP contribution in [0.2, 0.25) is 0 Å². The molecular formula is C13H28N2O3S. The Labute approximate surface area is 117 Å². The molecule has 1 aliphatic heterocycles. The van der Waals surface area contributed by atoms with Crippen molar-refractivity contribution in [1.29, 1.82) is 0 Å². The van der Waals surface area contributed by atoms with Crippen molar-refractivity contribution in [1.82, 2.24) is 10.2 Å². The van der Waals surface area contributed by atoms with E-state index in [0.717, 1.165) is 13.0 Å². The van der Waals surface area contributed by atoms with Gasteiger partial charge in [-0.15, -0.1) is 0 Å². The third-order valence-electron chi connectivity index (χ3n) is 3.99. The van der Waals surface area contributed by atoms with Gasteiger partial charge in [0, 0.05) is 24.2 Å². The van der Waals surface area contributed by atoms with Gasteiger partial charge in [0.2, 0.25) is 0 Å². The number of nitrogens with one attached hydrogen (secondary N) is 1. The normalized spacial score (nSPS) is 28.8. The quantitative estimate of drug-likeness (QED) is 0.734. The minimum atomic E-state index is -2.86. The molecule has 0 amide bonds. The SMILES string of the molecule is CCNC(C)(CO)CC(C)N1CCS(=O)(=O)CC1C. The van der Waals surface area contributed by atoms with E-state index < -0.39 is 9.84 Å². The summed E-state index contributed by atoms with van der Waals surface area (Å²) in [4.78, 5) is 2.24. The van der Waals surface area contributed by atoms with Gasteiger partial charge in [-0.05, 0) is 33.7 Å². The molecule has 3 atom stereocenters. The highest BCUT2D eigenvalue weighted by atomic mass is 32.2. The van der Waals surface area contributed by atoms with Gasteiger partial charge in [0.15, 0.2) is 9.84 Å². The number of hydrogen-bond donors (Lipinski definition) is 2. The fourth-order valence-corrected chi connectivity index (χ4v) is 4.64. The zero-order chi connectivity index (χ0) is 14.7. The number of rotatable bonds is 6. The van der Waals surface area contributed by atoms with Gasteiger partial charge in [-0.2, -0.15) is 0 Å². The highest BCUT2D eigenvalue weighted by Gasteiger charge is 2.34. The summed E-state index contributed by atoms with van der Waals surface area (Å²) in [6, 6.07) is 0.306. The van der Waals surface area contributed by atoms with E-state index in [4.69, 9.17) is 0 Å². The smallest absolute Gasteiger partial charge is 0.153 e. The number of hydrogen-bond acceptors (Lipinski definition) is 5. The first-order valence-corrected chi connectivity index (χ1v) is 8.87. The van der Waals surface area contributed by atoms with Crippen LogP contribution in [0.3, 0.4) is 0 Å². The van der Waals surface area contributed by atoms with E-state index in [-0.39, 0.29) is 35.7 Å². The Bertz CT molecular complexity index is 385. The fraction of sp³-hybridized carbons (Fsp3) is 1.00. The Morgan fingerprint density at radius 3 is 2.63 bits per heavy atom. The highest BCUT2D eigenvalue weighted by Crippen LogP contribution is 2.21. The third-order valence-corrected chi connectivity index (χ3v) is 5.78. The predicted molar refractivity (Wildman–Crippen MR) is 78.1 cm³/mol. The minimum Gasteiger partial charge on any atom is -0.394 e. The maximum atomic E-state index is 11.6. The first-order valence-electron chi connectivity index (χ1n) is 7.05. The van der Waals surface area contributed by atoms with Crippen LogP contribution in [0.4, 0.5) is 0 Å². The van der Waals surface area contributed by atoms with Crippen LogP contribution in [-0.2, 0) is 9.84 Å². The monoisotopic (exact) mass is 292 g/mol. The fourth-order valence-electron chi connectivity index (χ4n) is 3.05. The van der Waals surface area contributed by atoms with Crippen molar-refractivity contribution < 1.29 is 13.5 Å². The van der Waals surface area contributed by atoms with Crippen molar-refractivity contribution >= 4 is 9.84 Å². The molecule has 0 radical (unpaired) electrons. The Hall–Kier alpha value is -0.170. The maximum absolute atomic E-state index is 11.6. The van der Waals surface area contributed by atoms with Gasteiger partial charge in [-0.25, -0.2) is 8.42 Å². The highest BCUT2D eigenvalue weighted by molar-refractivity contribution is 7.91. The predicted octanol–water partition coefficient (Wildman–Crippen LogP) is 0.244. The van der Waals surface area contributed by atoms with Crippen molar-refractivity contribution in [3.05, 3.63) is 0 Å². The van der Waals surface area contributed by atoms with Gasteiger partial charge >= 0.3 is 0 Å². The van der Waals surface area contributed by atoms with Crippen LogP contribution < -0.4 is 5.32 Å². The molecule has 0 aromatic heterocycles. The largest absolute Gasteiger partial charge is 0.394 e. The van der Waals surface area contributed by atoms with Crippen LogP contribution in [0.5, 0.6) is 0 Å². The Morgan fingerprint density at radius 1 is 1.53 bits per heavy atom. The van der Waals surface area contributed by atoms with Crippen LogP contribution in [0.25, 0.3) is 0 Å². The lowest BCUT2D eigenvalue weighted by Crippen LogP contribution is -2.55. The summed E-state index contributed by atoms with van der Waals surface area (Å²) in [6.07, 6.45) is 0.807. The molecule has 1 aliphatic rings. The van der Waals surface area contributed by atoms with Gasteiger partial charge in [0.25, 0.3) is 0 Å². The minimum absolute atomic E-state index is 0.0540. The number of nitrogens with zero attached hydrogens (tertiary/aromatic N) is 1. The Morgan fingerprint density at radius 2 is 2.16 bits per heavy atom. The summed E-state index contributed by atoms with van der Waals surface area (Å²) in [6.45, 7) is 9.61. The Kier molecular flexibility index (Phi) is 5.79. The number of sulfone groups is 1. The summed E-state index contributed by atoms with van der Waals surface area (Å²) in [5.41, 5.74) is -0.301. The first-order chi connectivity index (χ1) is 8.73. The molecule has 5 nitrogen and oxygen atoms in total. The van der Waals surface area contributed by atoms with Crippen LogP contribution in [-0.4, -0.2) is 67.2 Å². The van der Waals surface area contributed by atoms with E-state index >= 15 is 0 Å². The van der Waals surface area contributed by atoms with E-state index in [2.05, 4.69) is 17.1 Å². The van der Waals surface area contributed by atoms with E-state index in [9.17, 15) is 13.5 Å². The molecule has 0 spiro atoms. The average Bonchev–Trinajstić information content (AvgIpc) is 2.27. The molecule has 6 heteroatoms. The lowest BCUT2D eigenvalue weighted by molar-refractivity contribution is 0.0998. The van der Waals surface area contributed by atoms with Gasteiger partial charge in [-0.1, -0.05) is 6.92 Å². The summed E-state index contributed by atoms with van der Waals surface area (Å²) in [5.74, 6) is 0.493. The van der Waals surface area contributed by atoms with Crippen LogP contribution in [0, 0.1) is 0 Å². The van der Waals surface area contributed by atoms with Gasteiger partial charge < -0.3 is 10.4 Å².